The van der Waals surface area contributed by atoms with Gasteiger partial charge >= 0.3 is 0 Å². The molecule has 1 saturated heterocycles. The standard InChI is InChI=1S/C18H23ClN6O3/c19-14-9-22-15(25-14)18(28)24-13(6-10-3-4-10)17(27)23-12(8-20)7-11-2-1-5-21-16(11)26/h9-13H,1-7H2,(H,21,26)(H,22,25)(H,23,27)(H,24,28)/t11-,12-,13-/m0/s1. The zero-order valence-corrected chi connectivity index (χ0v) is 16.1. The molecule has 4 N–H and O–H groups in total. The third kappa shape index (κ3) is 5.45. The number of imidazole rings is 1. The Kier molecular flexibility index (Phi) is 6.52. The van der Waals surface area contributed by atoms with Gasteiger partial charge in [-0.2, -0.15) is 5.26 Å². The topological polar surface area (TPSA) is 140 Å². The van der Waals surface area contributed by atoms with E-state index in [9.17, 15) is 19.6 Å². The molecule has 150 valence electrons. The van der Waals surface area contributed by atoms with E-state index in [1.165, 1.54) is 6.20 Å². The van der Waals surface area contributed by atoms with E-state index in [0.29, 0.717) is 25.3 Å². The normalized spacial score (nSPS) is 21.1. The molecule has 3 rings (SSSR count). The molecule has 3 atom stereocenters. The number of halogens is 1. The number of nitrogens with zero attached hydrogens (tertiary/aromatic N) is 2. The van der Waals surface area contributed by atoms with E-state index in [0.717, 1.165) is 19.3 Å². The third-order valence-corrected chi connectivity index (χ3v) is 5.23. The number of hydrogen-bond donors (Lipinski definition) is 4. The average molecular weight is 407 g/mol. The number of carbonyl (C=O) groups excluding carboxylic acids is 3. The highest BCUT2D eigenvalue weighted by molar-refractivity contribution is 6.29. The molecule has 0 bridgehead atoms. The van der Waals surface area contributed by atoms with Gasteiger partial charge in [-0.05, 0) is 31.6 Å². The maximum Gasteiger partial charge on any atom is 0.287 e. The van der Waals surface area contributed by atoms with Crippen molar-refractivity contribution in [2.45, 2.75) is 50.6 Å². The molecule has 1 aliphatic heterocycles. The first kappa shape index (κ1) is 20.1. The summed E-state index contributed by atoms with van der Waals surface area (Å²) in [4.78, 5) is 43.4. The summed E-state index contributed by atoms with van der Waals surface area (Å²) in [5, 5.41) is 17.8. The van der Waals surface area contributed by atoms with Gasteiger partial charge in [0.1, 0.15) is 17.2 Å². The molecule has 0 spiro atoms. The molecular formula is C18H23ClN6O3. The lowest BCUT2D eigenvalue weighted by Crippen LogP contribution is -2.50. The van der Waals surface area contributed by atoms with Gasteiger partial charge in [0.2, 0.25) is 11.8 Å². The molecule has 0 radical (unpaired) electrons. The van der Waals surface area contributed by atoms with Gasteiger partial charge in [0.05, 0.1) is 12.3 Å². The number of hydrogen-bond acceptors (Lipinski definition) is 5. The van der Waals surface area contributed by atoms with Crippen LogP contribution in [0.25, 0.3) is 0 Å². The predicted molar refractivity (Wildman–Crippen MR) is 100 cm³/mol. The fourth-order valence-electron chi connectivity index (χ4n) is 3.32. The van der Waals surface area contributed by atoms with Crippen LogP contribution in [0.3, 0.4) is 0 Å². The second-order valence-electron chi connectivity index (χ2n) is 7.34. The van der Waals surface area contributed by atoms with E-state index in [-0.39, 0.29) is 29.2 Å². The molecule has 2 heterocycles. The number of H-pyrrole nitrogens is 1. The zero-order valence-electron chi connectivity index (χ0n) is 15.3. The number of rotatable bonds is 8. The lowest BCUT2D eigenvalue weighted by atomic mass is 9.92. The minimum absolute atomic E-state index is 0.0225. The van der Waals surface area contributed by atoms with Crippen LogP contribution in [-0.4, -0.2) is 46.3 Å². The smallest absolute Gasteiger partial charge is 0.287 e. The Labute approximate surface area is 167 Å². The summed E-state index contributed by atoms with van der Waals surface area (Å²) in [6.45, 7) is 0.644. The Morgan fingerprint density at radius 3 is 2.71 bits per heavy atom. The van der Waals surface area contributed by atoms with Crippen molar-refractivity contribution in [3.05, 3.63) is 17.2 Å². The van der Waals surface area contributed by atoms with Crippen molar-refractivity contribution in [1.29, 1.82) is 5.26 Å². The molecule has 1 aliphatic carbocycles. The number of nitrogens with one attached hydrogen (secondary N) is 4. The molecule has 28 heavy (non-hydrogen) atoms. The van der Waals surface area contributed by atoms with Crippen molar-refractivity contribution in [2.24, 2.45) is 11.8 Å². The number of amides is 3. The summed E-state index contributed by atoms with van der Waals surface area (Å²) in [7, 11) is 0. The van der Waals surface area contributed by atoms with Gasteiger partial charge in [-0.3, -0.25) is 14.4 Å². The van der Waals surface area contributed by atoms with E-state index >= 15 is 0 Å². The predicted octanol–water partition coefficient (Wildman–Crippen LogP) is 0.886. The molecule has 2 aliphatic rings. The van der Waals surface area contributed by atoms with E-state index < -0.39 is 23.9 Å². The second-order valence-corrected chi connectivity index (χ2v) is 7.75. The SMILES string of the molecule is N#C[C@H](C[C@@H]1CCCNC1=O)NC(=O)[C@H](CC1CC1)NC(=O)c1ncc(Cl)[nH]1. The molecule has 1 aromatic rings. The van der Waals surface area contributed by atoms with Crippen molar-refractivity contribution in [2.75, 3.05) is 6.54 Å². The molecule has 9 nitrogen and oxygen atoms in total. The minimum atomic E-state index is -0.794. The van der Waals surface area contributed by atoms with Crippen molar-refractivity contribution in [3.63, 3.8) is 0 Å². The largest absolute Gasteiger partial charge is 0.356 e. The van der Waals surface area contributed by atoms with E-state index in [1.807, 2.05) is 0 Å². The van der Waals surface area contributed by atoms with Gasteiger partial charge in [-0.1, -0.05) is 24.4 Å². The lowest BCUT2D eigenvalue weighted by molar-refractivity contribution is -0.128. The highest BCUT2D eigenvalue weighted by atomic mass is 35.5. The second kappa shape index (κ2) is 9.06. The summed E-state index contributed by atoms with van der Waals surface area (Å²) in [6, 6.07) is 0.481. The molecule has 1 aromatic heterocycles. The van der Waals surface area contributed by atoms with Crippen molar-refractivity contribution in [3.8, 4) is 6.07 Å². The highest BCUT2D eigenvalue weighted by Crippen LogP contribution is 2.33. The van der Waals surface area contributed by atoms with Crippen LogP contribution in [0.2, 0.25) is 5.15 Å². The fourth-order valence-corrected chi connectivity index (χ4v) is 3.46. The average Bonchev–Trinajstić information content (AvgIpc) is 3.39. The van der Waals surface area contributed by atoms with Gasteiger partial charge in [0.25, 0.3) is 5.91 Å². The van der Waals surface area contributed by atoms with E-state index in [1.54, 1.807) is 0 Å². The Morgan fingerprint density at radius 2 is 2.11 bits per heavy atom. The maximum absolute atomic E-state index is 12.7. The molecular weight excluding hydrogens is 384 g/mol. The van der Waals surface area contributed by atoms with Crippen LogP contribution >= 0.6 is 11.6 Å². The highest BCUT2D eigenvalue weighted by Gasteiger charge is 2.33. The first-order valence-corrected chi connectivity index (χ1v) is 9.83. The third-order valence-electron chi connectivity index (χ3n) is 5.04. The summed E-state index contributed by atoms with van der Waals surface area (Å²) in [6.07, 6.45) is 5.63. The summed E-state index contributed by atoms with van der Waals surface area (Å²) < 4.78 is 0. The monoisotopic (exact) mass is 406 g/mol. The quantitative estimate of drug-likeness (QED) is 0.507. The molecule has 0 unspecified atom stereocenters. The number of aromatic nitrogens is 2. The minimum Gasteiger partial charge on any atom is -0.356 e. The van der Waals surface area contributed by atoms with Gasteiger partial charge in [0, 0.05) is 12.5 Å². The van der Waals surface area contributed by atoms with Gasteiger partial charge < -0.3 is 20.9 Å². The number of aromatic amines is 1. The Morgan fingerprint density at radius 1 is 1.32 bits per heavy atom. The Hall–Kier alpha value is -2.60. The van der Waals surface area contributed by atoms with Crippen molar-refractivity contribution in [1.82, 2.24) is 25.9 Å². The number of carbonyl (C=O) groups is 3. The first-order valence-electron chi connectivity index (χ1n) is 9.45. The van der Waals surface area contributed by atoms with Crippen molar-refractivity contribution < 1.29 is 14.4 Å². The van der Waals surface area contributed by atoms with Gasteiger partial charge in [-0.25, -0.2) is 4.98 Å². The molecule has 0 aromatic carbocycles. The molecule has 3 amide bonds. The summed E-state index contributed by atoms with van der Waals surface area (Å²) >= 11 is 5.74. The van der Waals surface area contributed by atoms with Crippen LogP contribution in [0.15, 0.2) is 6.20 Å². The molecule has 2 fully saturated rings. The van der Waals surface area contributed by atoms with Gasteiger partial charge in [0.15, 0.2) is 5.82 Å². The summed E-state index contributed by atoms with van der Waals surface area (Å²) in [5.74, 6) is -0.942. The Balaban J connectivity index is 1.60. The van der Waals surface area contributed by atoms with Crippen LogP contribution < -0.4 is 16.0 Å². The first-order chi connectivity index (χ1) is 13.5. The van der Waals surface area contributed by atoms with Crippen LogP contribution in [0, 0.1) is 23.2 Å². The lowest BCUT2D eigenvalue weighted by Gasteiger charge is -2.25. The van der Waals surface area contributed by atoms with Crippen LogP contribution in [0.1, 0.15) is 49.1 Å². The Bertz CT molecular complexity index is 785. The fraction of sp³-hybridized carbons (Fsp3) is 0.611. The number of nitriles is 1. The number of piperidine rings is 1. The van der Waals surface area contributed by atoms with Crippen molar-refractivity contribution >= 4 is 29.3 Å². The maximum atomic E-state index is 12.7. The molecule has 1 saturated carbocycles. The van der Waals surface area contributed by atoms with E-state index in [4.69, 9.17) is 11.6 Å². The van der Waals surface area contributed by atoms with Crippen LogP contribution in [0.5, 0.6) is 0 Å². The van der Waals surface area contributed by atoms with Crippen LogP contribution in [-0.2, 0) is 9.59 Å². The zero-order chi connectivity index (χ0) is 20.1. The van der Waals surface area contributed by atoms with Gasteiger partial charge in [-0.15, -0.1) is 0 Å². The van der Waals surface area contributed by atoms with Crippen LogP contribution in [0.4, 0.5) is 0 Å². The summed E-state index contributed by atoms with van der Waals surface area (Å²) in [5.41, 5.74) is 0. The molecule has 10 heteroatoms. The van der Waals surface area contributed by atoms with E-state index in [2.05, 4.69) is 32.0 Å².